The van der Waals surface area contributed by atoms with Gasteiger partial charge in [-0.25, -0.2) is 0 Å². The molecule has 0 bridgehead atoms. The van der Waals surface area contributed by atoms with Crippen LogP contribution >= 0.6 is 0 Å². The molecule has 0 atom stereocenters. The van der Waals surface area contributed by atoms with Crippen LogP contribution in [0.5, 0.6) is 5.75 Å². The molecule has 0 unspecified atom stereocenters. The molecule has 16 heavy (non-hydrogen) atoms. The molecule has 1 rings (SSSR count). The SMILES string of the molecule is COc1ccc(NC(=O)CCCN)cc1C. The van der Waals surface area contributed by atoms with E-state index in [1.807, 2.05) is 25.1 Å². The Hall–Kier alpha value is -1.55. The van der Waals surface area contributed by atoms with Crippen molar-refractivity contribution in [1.29, 1.82) is 0 Å². The van der Waals surface area contributed by atoms with E-state index in [0.717, 1.165) is 17.0 Å². The Bertz CT molecular complexity index is 364. The Labute approximate surface area is 95.8 Å². The third kappa shape index (κ3) is 3.55. The molecule has 0 saturated heterocycles. The van der Waals surface area contributed by atoms with Gasteiger partial charge >= 0.3 is 0 Å². The number of carbonyl (C=O) groups excluding carboxylic acids is 1. The fourth-order valence-corrected chi connectivity index (χ4v) is 1.44. The summed E-state index contributed by atoms with van der Waals surface area (Å²) in [6, 6.07) is 5.55. The Balaban J connectivity index is 2.61. The van der Waals surface area contributed by atoms with Crippen molar-refractivity contribution in [1.82, 2.24) is 0 Å². The van der Waals surface area contributed by atoms with Crippen molar-refractivity contribution in [3.8, 4) is 5.75 Å². The lowest BCUT2D eigenvalue weighted by atomic mass is 10.2. The van der Waals surface area contributed by atoms with E-state index >= 15 is 0 Å². The molecule has 1 aromatic rings. The van der Waals surface area contributed by atoms with Gasteiger partial charge in [-0.1, -0.05) is 0 Å². The highest BCUT2D eigenvalue weighted by atomic mass is 16.5. The van der Waals surface area contributed by atoms with Crippen molar-refractivity contribution in [2.75, 3.05) is 19.0 Å². The Morgan fingerprint density at radius 3 is 2.81 bits per heavy atom. The van der Waals surface area contributed by atoms with Crippen LogP contribution in [0.4, 0.5) is 5.69 Å². The smallest absolute Gasteiger partial charge is 0.224 e. The molecule has 88 valence electrons. The van der Waals surface area contributed by atoms with Crippen LogP contribution in [0.15, 0.2) is 18.2 Å². The van der Waals surface area contributed by atoms with Gasteiger partial charge < -0.3 is 15.8 Å². The number of nitrogens with two attached hydrogens (primary N) is 1. The molecule has 1 aromatic carbocycles. The average Bonchev–Trinajstić information content (AvgIpc) is 2.26. The zero-order chi connectivity index (χ0) is 12.0. The number of ether oxygens (including phenoxy) is 1. The van der Waals surface area contributed by atoms with Gasteiger partial charge in [0.05, 0.1) is 7.11 Å². The Kier molecular flexibility index (Phi) is 4.79. The summed E-state index contributed by atoms with van der Waals surface area (Å²) in [6.45, 7) is 2.48. The molecular weight excluding hydrogens is 204 g/mol. The van der Waals surface area contributed by atoms with E-state index in [9.17, 15) is 4.79 Å². The highest BCUT2D eigenvalue weighted by Gasteiger charge is 2.03. The van der Waals surface area contributed by atoms with Gasteiger partial charge in [0, 0.05) is 12.1 Å². The van der Waals surface area contributed by atoms with E-state index in [0.29, 0.717) is 19.4 Å². The maximum Gasteiger partial charge on any atom is 0.224 e. The van der Waals surface area contributed by atoms with Crippen molar-refractivity contribution in [3.05, 3.63) is 23.8 Å². The van der Waals surface area contributed by atoms with Crippen LogP contribution < -0.4 is 15.8 Å². The highest BCUT2D eigenvalue weighted by Crippen LogP contribution is 2.21. The minimum atomic E-state index is -0.00461. The molecule has 0 aliphatic heterocycles. The summed E-state index contributed by atoms with van der Waals surface area (Å²) in [5.74, 6) is 0.815. The number of nitrogens with one attached hydrogen (secondary N) is 1. The topological polar surface area (TPSA) is 64.3 Å². The number of methoxy groups -OCH3 is 1. The second-order valence-corrected chi connectivity index (χ2v) is 3.62. The average molecular weight is 222 g/mol. The van der Waals surface area contributed by atoms with Crippen LogP contribution in [0.2, 0.25) is 0 Å². The lowest BCUT2D eigenvalue weighted by molar-refractivity contribution is -0.116. The summed E-state index contributed by atoms with van der Waals surface area (Å²) in [7, 11) is 1.63. The second-order valence-electron chi connectivity index (χ2n) is 3.62. The molecule has 0 saturated carbocycles. The summed E-state index contributed by atoms with van der Waals surface area (Å²) >= 11 is 0. The zero-order valence-electron chi connectivity index (χ0n) is 9.75. The number of aryl methyl sites for hydroxylation is 1. The van der Waals surface area contributed by atoms with Crippen LogP contribution in [0.25, 0.3) is 0 Å². The van der Waals surface area contributed by atoms with E-state index in [1.54, 1.807) is 7.11 Å². The fourth-order valence-electron chi connectivity index (χ4n) is 1.44. The first-order chi connectivity index (χ1) is 7.67. The van der Waals surface area contributed by atoms with Crippen molar-refractivity contribution >= 4 is 11.6 Å². The minimum Gasteiger partial charge on any atom is -0.496 e. The predicted octanol–water partition coefficient (Wildman–Crippen LogP) is 1.68. The van der Waals surface area contributed by atoms with Crippen LogP contribution in [0, 0.1) is 6.92 Å². The number of hydrogen-bond donors (Lipinski definition) is 2. The number of amides is 1. The van der Waals surface area contributed by atoms with Gasteiger partial charge in [0.15, 0.2) is 0 Å². The first-order valence-corrected chi connectivity index (χ1v) is 5.32. The molecule has 1 amide bonds. The van der Waals surface area contributed by atoms with Gasteiger partial charge in [0.2, 0.25) is 5.91 Å². The maximum absolute atomic E-state index is 11.4. The fraction of sp³-hybridized carbons (Fsp3) is 0.417. The monoisotopic (exact) mass is 222 g/mol. The largest absolute Gasteiger partial charge is 0.496 e. The van der Waals surface area contributed by atoms with Crippen molar-refractivity contribution in [3.63, 3.8) is 0 Å². The molecule has 3 N–H and O–H groups in total. The van der Waals surface area contributed by atoms with Crippen molar-refractivity contribution in [2.45, 2.75) is 19.8 Å². The van der Waals surface area contributed by atoms with Gasteiger partial charge in [-0.15, -0.1) is 0 Å². The Morgan fingerprint density at radius 2 is 2.25 bits per heavy atom. The Morgan fingerprint density at radius 1 is 1.50 bits per heavy atom. The van der Waals surface area contributed by atoms with Crippen molar-refractivity contribution in [2.24, 2.45) is 5.73 Å². The normalized spacial score (nSPS) is 9.94. The number of benzene rings is 1. The summed E-state index contributed by atoms with van der Waals surface area (Å²) in [4.78, 5) is 11.4. The van der Waals surface area contributed by atoms with Crippen LogP contribution in [0.3, 0.4) is 0 Å². The van der Waals surface area contributed by atoms with Crippen molar-refractivity contribution < 1.29 is 9.53 Å². The van der Waals surface area contributed by atoms with Crippen LogP contribution in [0.1, 0.15) is 18.4 Å². The van der Waals surface area contributed by atoms with E-state index in [2.05, 4.69) is 5.32 Å². The van der Waals surface area contributed by atoms with E-state index < -0.39 is 0 Å². The molecule has 0 fully saturated rings. The third-order valence-corrected chi connectivity index (χ3v) is 2.29. The molecular formula is C12H18N2O2. The van der Waals surface area contributed by atoms with E-state index in [-0.39, 0.29) is 5.91 Å². The predicted molar refractivity (Wildman–Crippen MR) is 64.6 cm³/mol. The molecule has 0 heterocycles. The molecule has 0 aliphatic rings. The first kappa shape index (κ1) is 12.5. The van der Waals surface area contributed by atoms with E-state index in [4.69, 9.17) is 10.5 Å². The van der Waals surface area contributed by atoms with Crippen LogP contribution in [-0.4, -0.2) is 19.6 Å². The zero-order valence-corrected chi connectivity index (χ0v) is 9.75. The van der Waals surface area contributed by atoms with Gasteiger partial charge in [-0.2, -0.15) is 0 Å². The molecule has 0 aromatic heterocycles. The van der Waals surface area contributed by atoms with Gasteiger partial charge in [-0.3, -0.25) is 4.79 Å². The third-order valence-electron chi connectivity index (χ3n) is 2.29. The van der Waals surface area contributed by atoms with E-state index in [1.165, 1.54) is 0 Å². The number of rotatable bonds is 5. The van der Waals surface area contributed by atoms with Gasteiger partial charge in [0.25, 0.3) is 0 Å². The standard InChI is InChI=1S/C12H18N2O2/c1-9-8-10(5-6-11(9)16-2)14-12(15)4-3-7-13/h5-6,8H,3-4,7,13H2,1-2H3,(H,14,15). The lowest BCUT2D eigenvalue weighted by Gasteiger charge is -2.08. The van der Waals surface area contributed by atoms with Gasteiger partial charge in [0.1, 0.15) is 5.75 Å². The highest BCUT2D eigenvalue weighted by molar-refractivity contribution is 5.90. The number of hydrogen-bond acceptors (Lipinski definition) is 3. The summed E-state index contributed by atoms with van der Waals surface area (Å²) in [5.41, 5.74) is 7.13. The number of carbonyl (C=O) groups is 1. The quantitative estimate of drug-likeness (QED) is 0.796. The lowest BCUT2D eigenvalue weighted by Crippen LogP contribution is -2.13. The summed E-state index contributed by atoms with van der Waals surface area (Å²) < 4.78 is 5.14. The second kappa shape index (κ2) is 6.12. The maximum atomic E-state index is 11.4. The molecule has 0 spiro atoms. The molecule has 4 heteroatoms. The van der Waals surface area contributed by atoms with Crippen LogP contribution in [-0.2, 0) is 4.79 Å². The molecule has 0 aliphatic carbocycles. The van der Waals surface area contributed by atoms with Gasteiger partial charge in [-0.05, 0) is 43.7 Å². The summed E-state index contributed by atoms with van der Waals surface area (Å²) in [5, 5.41) is 2.82. The first-order valence-electron chi connectivity index (χ1n) is 5.32. The minimum absolute atomic E-state index is 0.00461. The number of anilines is 1. The molecule has 4 nitrogen and oxygen atoms in total. The molecule has 0 radical (unpaired) electrons. The summed E-state index contributed by atoms with van der Waals surface area (Å²) in [6.07, 6.45) is 1.17.